The average molecular weight is 362 g/mol. The summed E-state index contributed by atoms with van der Waals surface area (Å²) in [6, 6.07) is 0.203. The predicted octanol–water partition coefficient (Wildman–Crippen LogP) is 2.15. The molecule has 120 valence electrons. The van der Waals surface area contributed by atoms with Crippen molar-refractivity contribution in [1.29, 1.82) is 0 Å². The van der Waals surface area contributed by atoms with Gasteiger partial charge in [0.2, 0.25) is 0 Å². The summed E-state index contributed by atoms with van der Waals surface area (Å²) in [6.45, 7) is 1.83. The number of amides is 1. The molecule has 0 fully saturated rings. The van der Waals surface area contributed by atoms with Crippen LogP contribution in [0.4, 0.5) is 5.13 Å². The maximum atomic E-state index is 12.0. The van der Waals surface area contributed by atoms with Gasteiger partial charge in [-0.05, 0) is 26.2 Å². The number of anilines is 1. The lowest BCUT2D eigenvalue weighted by molar-refractivity contribution is 0.102. The van der Waals surface area contributed by atoms with Gasteiger partial charge in [0.15, 0.2) is 5.13 Å². The van der Waals surface area contributed by atoms with Gasteiger partial charge in [-0.15, -0.1) is 36.2 Å². The SMILES string of the molecule is Cc1cnc(C(=O)Nc2nc3c(s2)C[C@@H](N)CC3)cn1.Cl.Cl. The summed E-state index contributed by atoms with van der Waals surface area (Å²) >= 11 is 1.49. The number of halogens is 2. The monoisotopic (exact) mass is 361 g/mol. The second-order valence-corrected chi connectivity index (χ2v) is 5.97. The van der Waals surface area contributed by atoms with Crippen molar-refractivity contribution in [2.24, 2.45) is 5.73 Å². The molecule has 0 saturated carbocycles. The molecule has 1 atom stereocenters. The van der Waals surface area contributed by atoms with E-state index in [1.807, 2.05) is 6.92 Å². The minimum absolute atomic E-state index is 0. The molecule has 2 heterocycles. The number of thiazole rings is 1. The van der Waals surface area contributed by atoms with Crippen LogP contribution in [0.1, 0.15) is 33.2 Å². The normalized spacial score (nSPS) is 16.0. The molecule has 3 rings (SSSR count). The predicted molar refractivity (Wildman–Crippen MR) is 91.3 cm³/mol. The minimum atomic E-state index is -0.284. The van der Waals surface area contributed by atoms with Gasteiger partial charge in [0.25, 0.3) is 5.91 Å². The first kappa shape index (κ1) is 18.8. The quantitative estimate of drug-likeness (QED) is 0.854. The summed E-state index contributed by atoms with van der Waals surface area (Å²) in [5.74, 6) is -0.284. The summed E-state index contributed by atoms with van der Waals surface area (Å²) in [4.78, 5) is 25.8. The van der Waals surface area contributed by atoms with E-state index in [1.54, 1.807) is 6.20 Å². The van der Waals surface area contributed by atoms with Crippen molar-refractivity contribution in [1.82, 2.24) is 15.0 Å². The van der Waals surface area contributed by atoms with Crippen molar-refractivity contribution in [2.45, 2.75) is 32.2 Å². The number of nitrogens with one attached hydrogen (secondary N) is 1. The Hall–Kier alpha value is -1.28. The van der Waals surface area contributed by atoms with E-state index in [0.29, 0.717) is 10.8 Å². The van der Waals surface area contributed by atoms with Crippen molar-refractivity contribution in [2.75, 3.05) is 5.32 Å². The van der Waals surface area contributed by atoms with Gasteiger partial charge in [-0.25, -0.2) is 9.97 Å². The molecule has 9 heteroatoms. The largest absolute Gasteiger partial charge is 0.327 e. The fourth-order valence-corrected chi connectivity index (χ4v) is 3.22. The Morgan fingerprint density at radius 1 is 1.36 bits per heavy atom. The lowest BCUT2D eigenvalue weighted by atomic mass is 9.99. The lowest BCUT2D eigenvalue weighted by Gasteiger charge is -2.15. The molecule has 0 unspecified atom stereocenters. The van der Waals surface area contributed by atoms with Gasteiger partial charge in [-0.2, -0.15) is 0 Å². The molecule has 1 amide bonds. The Morgan fingerprint density at radius 2 is 2.14 bits per heavy atom. The Labute approximate surface area is 144 Å². The smallest absolute Gasteiger partial charge is 0.277 e. The number of hydrogen-bond donors (Lipinski definition) is 2. The van der Waals surface area contributed by atoms with Crippen LogP contribution in [0.15, 0.2) is 12.4 Å². The van der Waals surface area contributed by atoms with E-state index in [1.165, 1.54) is 22.4 Å². The van der Waals surface area contributed by atoms with Crippen LogP contribution in [0.5, 0.6) is 0 Å². The third kappa shape index (κ3) is 4.13. The Bertz CT molecular complexity index is 646. The number of carbonyl (C=O) groups is 1. The summed E-state index contributed by atoms with van der Waals surface area (Å²) in [5.41, 5.74) is 8.07. The first-order chi connectivity index (χ1) is 9.61. The van der Waals surface area contributed by atoms with Crippen LogP contribution in [0.2, 0.25) is 0 Å². The number of carbonyl (C=O) groups excluding carboxylic acids is 1. The molecule has 22 heavy (non-hydrogen) atoms. The van der Waals surface area contributed by atoms with Crippen LogP contribution < -0.4 is 11.1 Å². The minimum Gasteiger partial charge on any atom is -0.327 e. The van der Waals surface area contributed by atoms with Gasteiger partial charge >= 0.3 is 0 Å². The van der Waals surface area contributed by atoms with Gasteiger partial charge in [0.1, 0.15) is 5.69 Å². The molecule has 0 radical (unpaired) electrons. The summed E-state index contributed by atoms with van der Waals surface area (Å²) in [6.07, 6.45) is 5.71. The highest BCUT2D eigenvalue weighted by atomic mass is 35.5. The third-order valence-electron chi connectivity index (χ3n) is 3.21. The second-order valence-electron chi connectivity index (χ2n) is 4.89. The zero-order valence-corrected chi connectivity index (χ0v) is 14.4. The van der Waals surface area contributed by atoms with Crippen LogP contribution in [0.25, 0.3) is 0 Å². The van der Waals surface area contributed by atoms with Gasteiger partial charge < -0.3 is 5.73 Å². The van der Waals surface area contributed by atoms with Gasteiger partial charge in [-0.1, -0.05) is 0 Å². The van der Waals surface area contributed by atoms with Crippen LogP contribution in [0, 0.1) is 6.92 Å². The first-order valence-corrected chi connectivity index (χ1v) is 7.27. The third-order valence-corrected chi connectivity index (χ3v) is 4.25. The number of rotatable bonds is 2. The first-order valence-electron chi connectivity index (χ1n) is 6.46. The van der Waals surface area contributed by atoms with E-state index < -0.39 is 0 Å². The van der Waals surface area contributed by atoms with E-state index in [-0.39, 0.29) is 36.8 Å². The van der Waals surface area contributed by atoms with E-state index >= 15 is 0 Å². The molecule has 6 nitrogen and oxygen atoms in total. The highest BCUT2D eigenvalue weighted by Crippen LogP contribution is 2.29. The highest BCUT2D eigenvalue weighted by Gasteiger charge is 2.21. The van der Waals surface area contributed by atoms with Gasteiger partial charge in [0.05, 0.1) is 17.6 Å². The van der Waals surface area contributed by atoms with Gasteiger partial charge in [0, 0.05) is 17.1 Å². The van der Waals surface area contributed by atoms with E-state index in [4.69, 9.17) is 5.73 Å². The van der Waals surface area contributed by atoms with Crippen LogP contribution >= 0.6 is 36.2 Å². The average Bonchev–Trinajstić information content (AvgIpc) is 2.80. The molecule has 0 aliphatic heterocycles. The maximum Gasteiger partial charge on any atom is 0.277 e. The van der Waals surface area contributed by atoms with Crippen molar-refractivity contribution < 1.29 is 4.79 Å². The lowest BCUT2D eigenvalue weighted by Crippen LogP contribution is -2.27. The zero-order chi connectivity index (χ0) is 14.1. The number of aryl methyl sites for hydroxylation is 2. The molecule has 0 bridgehead atoms. The maximum absolute atomic E-state index is 12.0. The topological polar surface area (TPSA) is 93.8 Å². The fourth-order valence-electron chi connectivity index (χ4n) is 2.12. The van der Waals surface area contributed by atoms with Crippen LogP contribution in [0.3, 0.4) is 0 Å². The summed E-state index contributed by atoms with van der Waals surface area (Å²) < 4.78 is 0. The second kappa shape index (κ2) is 7.82. The van der Waals surface area contributed by atoms with Crippen LogP contribution in [-0.4, -0.2) is 26.9 Å². The van der Waals surface area contributed by atoms with Crippen molar-refractivity contribution >= 4 is 47.2 Å². The number of nitrogens with zero attached hydrogens (tertiary/aromatic N) is 3. The molecule has 0 saturated heterocycles. The van der Waals surface area contributed by atoms with E-state index in [0.717, 1.165) is 30.7 Å². The van der Waals surface area contributed by atoms with E-state index in [9.17, 15) is 4.79 Å². The Morgan fingerprint density at radius 3 is 2.82 bits per heavy atom. The Balaban J connectivity index is 0.00000121. The molecule has 1 aliphatic carbocycles. The number of aromatic nitrogens is 3. The standard InChI is InChI=1S/C13H15N5OS.2ClH/c1-7-5-16-10(6-15-7)12(19)18-13-17-9-3-2-8(14)4-11(9)20-13;;/h5-6,8H,2-4,14H2,1H3,(H,17,18,19);2*1H/t8-;;/m0../s1. The molecule has 1 aliphatic rings. The highest BCUT2D eigenvalue weighted by molar-refractivity contribution is 7.15. The van der Waals surface area contributed by atoms with Crippen molar-refractivity contribution in [3.8, 4) is 0 Å². The molecule has 0 aromatic carbocycles. The summed E-state index contributed by atoms with van der Waals surface area (Å²) in [7, 11) is 0. The zero-order valence-electron chi connectivity index (χ0n) is 11.9. The molecule has 2 aromatic heterocycles. The fraction of sp³-hybridized carbons (Fsp3) is 0.385. The number of nitrogens with two attached hydrogens (primary N) is 1. The number of fused-ring (bicyclic) bond motifs is 1. The van der Waals surface area contributed by atoms with Crippen molar-refractivity contribution in [3.63, 3.8) is 0 Å². The number of hydrogen-bond acceptors (Lipinski definition) is 6. The molecule has 0 spiro atoms. The molecular weight excluding hydrogens is 345 g/mol. The molecular formula is C13H17Cl2N5OS. The summed E-state index contributed by atoms with van der Waals surface area (Å²) in [5, 5.41) is 3.38. The van der Waals surface area contributed by atoms with E-state index in [2.05, 4.69) is 20.3 Å². The Kier molecular flexibility index (Phi) is 6.67. The van der Waals surface area contributed by atoms with Crippen molar-refractivity contribution in [3.05, 3.63) is 34.4 Å². The van der Waals surface area contributed by atoms with Crippen LogP contribution in [-0.2, 0) is 12.8 Å². The van der Waals surface area contributed by atoms with Gasteiger partial charge in [-0.3, -0.25) is 15.1 Å². The molecule has 3 N–H and O–H groups in total. The molecule has 2 aromatic rings.